The van der Waals surface area contributed by atoms with E-state index in [1.165, 1.54) is 6.07 Å². The van der Waals surface area contributed by atoms with Crippen LogP contribution in [0, 0.1) is 11.7 Å². The van der Waals surface area contributed by atoms with E-state index in [9.17, 15) is 9.18 Å². The van der Waals surface area contributed by atoms with Gasteiger partial charge in [0.15, 0.2) is 0 Å². The van der Waals surface area contributed by atoms with Gasteiger partial charge in [0.1, 0.15) is 5.82 Å². The van der Waals surface area contributed by atoms with Crippen LogP contribution in [0.4, 0.5) is 10.1 Å². The molecule has 0 bridgehead atoms. The number of aliphatic imine (C=N–C) groups is 1. The van der Waals surface area contributed by atoms with Crippen molar-refractivity contribution in [3.05, 3.63) is 88.2 Å². The van der Waals surface area contributed by atoms with Gasteiger partial charge in [0.05, 0.1) is 11.4 Å². The lowest BCUT2D eigenvalue weighted by Gasteiger charge is -2.10. The highest BCUT2D eigenvalue weighted by Crippen LogP contribution is 2.41. The second-order valence-electron chi connectivity index (χ2n) is 7.47. The molecule has 0 unspecified atom stereocenters. The van der Waals surface area contributed by atoms with E-state index in [0.717, 1.165) is 15.4 Å². The molecule has 1 heterocycles. The van der Waals surface area contributed by atoms with Crippen LogP contribution >= 0.6 is 23.4 Å². The molecular formula is C24H20ClFN2OS. The third-order valence-electron chi connectivity index (χ3n) is 4.67. The van der Waals surface area contributed by atoms with Gasteiger partial charge in [-0.05, 0) is 48.4 Å². The average Bonchev–Trinajstić information content (AvgIpc) is 2.88. The summed E-state index contributed by atoms with van der Waals surface area (Å²) in [5.74, 6) is -0.222. The zero-order valence-electron chi connectivity index (χ0n) is 16.6. The van der Waals surface area contributed by atoms with Gasteiger partial charge in [-0.2, -0.15) is 0 Å². The molecule has 1 aliphatic heterocycles. The number of amides is 1. The molecule has 0 saturated carbocycles. The van der Waals surface area contributed by atoms with Crippen LogP contribution in [-0.2, 0) is 0 Å². The van der Waals surface area contributed by atoms with Gasteiger partial charge in [0.2, 0.25) is 0 Å². The normalized spacial score (nSPS) is 12.6. The molecule has 0 atom stereocenters. The second-order valence-corrected chi connectivity index (χ2v) is 8.99. The Morgan fingerprint density at radius 3 is 2.63 bits per heavy atom. The molecule has 152 valence electrons. The van der Waals surface area contributed by atoms with E-state index in [0.29, 0.717) is 40.0 Å². The van der Waals surface area contributed by atoms with Gasteiger partial charge in [-0.15, -0.1) is 0 Å². The fourth-order valence-electron chi connectivity index (χ4n) is 3.17. The predicted octanol–water partition coefficient (Wildman–Crippen LogP) is 6.50. The maximum atomic E-state index is 14.8. The molecule has 0 aromatic heterocycles. The molecule has 3 aromatic carbocycles. The molecule has 1 N–H and O–H groups in total. The molecule has 1 aliphatic rings. The molecule has 0 saturated heterocycles. The first-order valence-electron chi connectivity index (χ1n) is 9.66. The van der Waals surface area contributed by atoms with E-state index in [-0.39, 0.29) is 5.91 Å². The summed E-state index contributed by atoms with van der Waals surface area (Å²) < 4.78 is 14.8. The largest absolute Gasteiger partial charge is 0.352 e. The number of nitrogens with zero attached hydrogens (tertiary/aromatic N) is 1. The van der Waals surface area contributed by atoms with Crippen LogP contribution in [0.15, 0.2) is 75.4 Å². The lowest BCUT2D eigenvalue weighted by Crippen LogP contribution is -2.27. The number of rotatable bonds is 4. The van der Waals surface area contributed by atoms with E-state index in [4.69, 9.17) is 16.6 Å². The zero-order chi connectivity index (χ0) is 21.3. The van der Waals surface area contributed by atoms with E-state index >= 15 is 0 Å². The van der Waals surface area contributed by atoms with E-state index in [1.54, 1.807) is 36.0 Å². The van der Waals surface area contributed by atoms with Crippen molar-refractivity contribution in [3.63, 3.8) is 0 Å². The molecule has 0 spiro atoms. The fraction of sp³-hybridized carbons (Fsp3) is 0.167. The molecule has 3 aromatic rings. The van der Waals surface area contributed by atoms with Gasteiger partial charge in [-0.25, -0.2) is 9.38 Å². The second kappa shape index (κ2) is 8.62. The highest BCUT2D eigenvalue weighted by molar-refractivity contribution is 7.99. The van der Waals surface area contributed by atoms with Crippen LogP contribution in [0.1, 0.15) is 35.3 Å². The Labute approximate surface area is 184 Å². The van der Waals surface area contributed by atoms with E-state index in [2.05, 4.69) is 5.32 Å². The van der Waals surface area contributed by atoms with Gasteiger partial charge < -0.3 is 5.32 Å². The van der Waals surface area contributed by atoms with Gasteiger partial charge in [0, 0.05) is 38.0 Å². The van der Waals surface area contributed by atoms with Gasteiger partial charge >= 0.3 is 0 Å². The van der Waals surface area contributed by atoms with Crippen LogP contribution in [-0.4, -0.2) is 18.2 Å². The molecule has 0 radical (unpaired) electrons. The number of carbonyl (C=O) groups excluding carboxylic acids is 1. The van der Waals surface area contributed by atoms with Crippen molar-refractivity contribution in [3.8, 4) is 0 Å². The maximum Gasteiger partial charge on any atom is 0.251 e. The van der Waals surface area contributed by atoms with Crippen LogP contribution in [0.2, 0.25) is 5.02 Å². The monoisotopic (exact) mass is 438 g/mol. The van der Waals surface area contributed by atoms with E-state index in [1.807, 2.05) is 44.2 Å². The van der Waals surface area contributed by atoms with Crippen LogP contribution in [0.25, 0.3) is 0 Å². The average molecular weight is 439 g/mol. The molecule has 0 fully saturated rings. The maximum absolute atomic E-state index is 14.8. The summed E-state index contributed by atoms with van der Waals surface area (Å²) in [5.41, 5.74) is 2.89. The minimum atomic E-state index is -0.435. The topological polar surface area (TPSA) is 41.5 Å². The Morgan fingerprint density at radius 2 is 1.87 bits per heavy atom. The van der Waals surface area contributed by atoms with E-state index < -0.39 is 5.82 Å². The van der Waals surface area contributed by atoms with Gasteiger partial charge in [-0.3, -0.25) is 4.79 Å². The molecule has 0 aliphatic carbocycles. The Balaban J connectivity index is 1.84. The Bertz CT molecular complexity index is 1160. The van der Waals surface area contributed by atoms with Crippen LogP contribution in [0.5, 0.6) is 0 Å². The smallest absolute Gasteiger partial charge is 0.251 e. The molecule has 30 heavy (non-hydrogen) atoms. The minimum Gasteiger partial charge on any atom is -0.352 e. The quantitative estimate of drug-likeness (QED) is 0.395. The Morgan fingerprint density at radius 1 is 1.07 bits per heavy atom. The van der Waals surface area contributed by atoms with Crippen molar-refractivity contribution in [1.29, 1.82) is 0 Å². The summed E-state index contributed by atoms with van der Waals surface area (Å²) in [7, 11) is 0. The van der Waals surface area contributed by atoms with Crippen molar-refractivity contribution >= 4 is 40.7 Å². The fourth-order valence-corrected chi connectivity index (χ4v) is 4.33. The molecule has 3 nitrogen and oxygen atoms in total. The lowest BCUT2D eigenvalue weighted by atomic mass is 10.0. The molecule has 4 rings (SSSR count). The van der Waals surface area contributed by atoms with Crippen LogP contribution < -0.4 is 5.32 Å². The number of fused-ring (bicyclic) bond motifs is 2. The first kappa shape index (κ1) is 20.6. The lowest BCUT2D eigenvalue weighted by molar-refractivity contribution is 0.0949. The Kier molecular flexibility index (Phi) is 5.93. The molecule has 1 amide bonds. The van der Waals surface area contributed by atoms with Crippen LogP contribution in [0.3, 0.4) is 0 Å². The van der Waals surface area contributed by atoms with Crippen molar-refractivity contribution < 1.29 is 9.18 Å². The Hall–Kier alpha value is -2.63. The third-order valence-corrected chi connectivity index (χ3v) is 6.05. The van der Waals surface area contributed by atoms with Crippen molar-refractivity contribution in [2.75, 3.05) is 6.54 Å². The first-order chi connectivity index (χ1) is 14.4. The SMILES string of the molecule is CC(C)CNC(=O)c1ccc2c(c1)N=C(c1ccc(Cl)cc1F)c1ccccc1S2. The van der Waals surface area contributed by atoms with Crippen molar-refractivity contribution in [2.45, 2.75) is 23.6 Å². The molecule has 6 heteroatoms. The third kappa shape index (κ3) is 4.27. The number of nitrogens with one attached hydrogen (secondary N) is 1. The number of carbonyl (C=O) groups is 1. The van der Waals surface area contributed by atoms with Gasteiger partial charge in [-0.1, -0.05) is 55.4 Å². The number of benzene rings is 3. The molecular weight excluding hydrogens is 419 g/mol. The summed E-state index contributed by atoms with van der Waals surface area (Å²) in [6.45, 7) is 4.69. The standard InChI is InChI=1S/C24H20ClFN2OS/c1-14(2)13-27-24(29)15-7-10-22-20(11-15)28-23(17-9-8-16(25)12-19(17)26)18-5-3-4-6-21(18)30-22/h3-12,14H,13H2,1-2H3,(H,27,29). The van der Waals surface area contributed by atoms with Crippen molar-refractivity contribution in [1.82, 2.24) is 5.32 Å². The summed E-state index contributed by atoms with van der Waals surface area (Å²) in [6, 6.07) is 17.8. The van der Waals surface area contributed by atoms with Crippen molar-refractivity contribution in [2.24, 2.45) is 10.9 Å². The summed E-state index contributed by atoms with van der Waals surface area (Å²) >= 11 is 7.50. The highest BCUT2D eigenvalue weighted by Gasteiger charge is 2.22. The summed E-state index contributed by atoms with van der Waals surface area (Å²) in [4.78, 5) is 19.2. The zero-order valence-corrected chi connectivity index (χ0v) is 18.2. The van der Waals surface area contributed by atoms with Gasteiger partial charge in [0.25, 0.3) is 5.91 Å². The minimum absolute atomic E-state index is 0.146. The predicted molar refractivity (Wildman–Crippen MR) is 121 cm³/mol. The summed E-state index contributed by atoms with van der Waals surface area (Å²) in [5, 5.41) is 3.26. The highest BCUT2D eigenvalue weighted by atomic mass is 35.5. The number of hydrogen-bond acceptors (Lipinski definition) is 3. The first-order valence-corrected chi connectivity index (χ1v) is 10.9. The number of hydrogen-bond donors (Lipinski definition) is 1. The number of halogens is 2. The summed E-state index contributed by atoms with van der Waals surface area (Å²) in [6.07, 6.45) is 0.